The van der Waals surface area contributed by atoms with E-state index in [-0.39, 0.29) is 5.41 Å². The van der Waals surface area contributed by atoms with Crippen molar-refractivity contribution in [3.8, 4) is 0 Å². The van der Waals surface area contributed by atoms with Crippen LogP contribution in [0.3, 0.4) is 0 Å². The molecule has 1 aromatic rings. The minimum atomic E-state index is -3.13. The van der Waals surface area contributed by atoms with Gasteiger partial charge in [-0.1, -0.05) is 20.8 Å². The first-order valence-electron chi connectivity index (χ1n) is 5.94. The van der Waals surface area contributed by atoms with Crippen LogP contribution in [0.2, 0.25) is 0 Å². The number of nitrogens with two attached hydrogens (primary N) is 1. The van der Waals surface area contributed by atoms with E-state index in [0.29, 0.717) is 0 Å². The molecule has 0 radical (unpaired) electrons. The number of rotatable bonds is 4. The summed E-state index contributed by atoms with van der Waals surface area (Å²) >= 11 is 1.10. The van der Waals surface area contributed by atoms with Gasteiger partial charge in [0.1, 0.15) is 0 Å². The van der Waals surface area contributed by atoms with Gasteiger partial charge in [-0.15, -0.1) is 0 Å². The van der Waals surface area contributed by atoms with Crippen molar-refractivity contribution in [2.45, 2.75) is 38.0 Å². The maximum atomic E-state index is 12.2. The molecule has 0 spiro atoms. The third-order valence-electron chi connectivity index (χ3n) is 2.83. The Balaban J connectivity index is 3.25. The van der Waals surface area contributed by atoms with Gasteiger partial charge in [0.2, 0.25) is 0 Å². The van der Waals surface area contributed by atoms with E-state index >= 15 is 0 Å². The molecular formula is C13H22NO3PS. The monoisotopic (exact) mass is 303 g/mol. The number of hydrogen-bond acceptors (Lipinski definition) is 5. The first-order valence-corrected chi connectivity index (χ1v) is 8.91. The molecule has 1 aromatic carbocycles. The Morgan fingerprint density at radius 1 is 1.21 bits per heavy atom. The third-order valence-corrected chi connectivity index (χ3v) is 6.60. The van der Waals surface area contributed by atoms with Crippen molar-refractivity contribution in [3.63, 3.8) is 0 Å². The molecule has 0 atom stereocenters. The zero-order valence-electron chi connectivity index (χ0n) is 12.3. The number of aryl methyl sites for hydroxylation is 1. The van der Waals surface area contributed by atoms with Gasteiger partial charge in [0, 0.05) is 24.8 Å². The van der Waals surface area contributed by atoms with Crippen molar-refractivity contribution >= 4 is 23.9 Å². The predicted molar refractivity (Wildman–Crippen MR) is 81.8 cm³/mol. The van der Waals surface area contributed by atoms with Crippen LogP contribution in [0.4, 0.5) is 5.69 Å². The zero-order chi connectivity index (χ0) is 14.8. The lowest BCUT2D eigenvalue weighted by molar-refractivity contribution is 0.295. The highest BCUT2D eigenvalue weighted by atomic mass is 32.7. The van der Waals surface area contributed by atoms with Gasteiger partial charge >= 0.3 is 6.80 Å². The van der Waals surface area contributed by atoms with Crippen LogP contribution in [0.1, 0.15) is 31.9 Å². The highest BCUT2D eigenvalue weighted by Gasteiger charge is 2.26. The summed E-state index contributed by atoms with van der Waals surface area (Å²) in [6.45, 7) is 5.10. The second-order valence-electron chi connectivity index (χ2n) is 5.36. The average molecular weight is 303 g/mol. The Kier molecular flexibility index (Phi) is 5.13. The fourth-order valence-electron chi connectivity index (χ4n) is 1.72. The smallest absolute Gasteiger partial charge is 0.393 e. The molecule has 0 amide bonds. The van der Waals surface area contributed by atoms with Crippen LogP contribution in [0.5, 0.6) is 0 Å². The van der Waals surface area contributed by atoms with Gasteiger partial charge in [0.05, 0.1) is 0 Å². The van der Waals surface area contributed by atoms with Gasteiger partial charge in [0.15, 0.2) is 0 Å². The largest absolute Gasteiger partial charge is 0.398 e. The standard InChI is InChI=1S/C13H22NO3PS/c1-9-7-10(19-18(15,16-5)17-6)8-11(12(9)14)13(2,3)4/h7-8H,14H2,1-6H3. The molecule has 4 nitrogen and oxygen atoms in total. The van der Waals surface area contributed by atoms with Crippen LogP contribution < -0.4 is 5.73 Å². The Labute approximate surface area is 119 Å². The molecule has 0 fully saturated rings. The average Bonchev–Trinajstić information content (AvgIpc) is 2.32. The van der Waals surface area contributed by atoms with Crippen molar-refractivity contribution in [1.29, 1.82) is 0 Å². The molecule has 0 saturated carbocycles. The summed E-state index contributed by atoms with van der Waals surface area (Å²) in [5.74, 6) is 0. The first-order chi connectivity index (χ1) is 8.63. The second-order valence-corrected chi connectivity index (χ2v) is 9.52. The van der Waals surface area contributed by atoms with Gasteiger partial charge in [-0.25, -0.2) is 4.57 Å². The zero-order valence-corrected chi connectivity index (χ0v) is 14.0. The molecule has 1 rings (SSSR count). The third kappa shape index (κ3) is 3.99. The quantitative estimate of drug-likeness (QED) is 0.661. The van der Waals surface area contributed by atoms with E-state index in [0.717, 1.165) is 33.1 Å². The summed E-state index contributed by atoms with van der Waals surface area (Å²) in [4.78, 5) is 0.837. The van der Waals surface area contributed by atoms with Crippen molar-refractivity contribution < 1.29 is 13.6 Å². The molecule has 0 unspecified atom stereocenters. The molecule has 0 aromatic heterocycles. The first kappa shape index (κ1) is 16.6. The fraction of sp³-hybridized carbons (Fsp3) is 0.538. The van der Waals surface area contributed by atoms with Crippen LogP contribution in [-0.4, -0.2) is 14.2 Å². The van der Waals surface area contributed by atoms with Crippen molar-refractivity contribution in [2.75, 3.05) is 20.0 Å². The lowest BCUT2D eigenvalue weighted by Crippen LogP contribution is -2.15. The molecule has 0 bridgehead atoms. The van der Waals surface area contributed by atoms with E-state index in [1.165, 1.54) is 14.2 Å². The molecule has 6 heteroatoms. The molecule has 0 aliphatic heterocycles. The van der Waals surface area contributed by atoms with Gasteiger partial charge in [0.25, 0.3) is 0 Å². The molecular weight excluding hydrogens is 281 g/mol. The van der Waals surface area contributed by atoms with Crippen LogP contribution in [0.25, 0.3) is 0 Å². The Morgan fingerprint density at radius 2 is 1.74 bits per heavy atom. The number of nitrogen functional groups attached to an aromatic ring is 1. The molecule has 0 aliphatic carbocycles. The Bertz CT molecular complexity index is 503. The number of anilines is 1. The Hall–Kier alpha value is -0.480. The summed E-state index contributed by atoms with van der Waals surface area (Å²) in [7, 11) is 2.76. The highest BCUT2D eigenvalue weighted by molar-refractivity contribution is 8.55. The van der Waals surface area contributed by atoms with Gasteiger partial charge in [-0.3, -0.25) is 0 Å². The number of hydrogen-bond donors (Lipinski definition) is 1. The molecule has 0 saturated heterocycles. The normalized spacial score (nSPS) is 12.7. The van der Waals surface area contributed by atoms with Crippen LogP contribution in [0.15, 0.2) is 17.0 Å². The second kappa shape index (κ2) is 5.88. The van der Waals surface area contributed by atoms with Crippen LogP contribution >= 0.6 is 18.2 Å². The molecule has 108 valence electrons. The van der Waals surface area contributed by atoms with E-state index in [1.807, 2.05) is 19.1 Å². The summed E-state index contributed by atoms with van der Waals surface area (Å²) < 4.78 is 22.1. The van der Waals surface area contributed by atoms with Gasteiger partial charge in [-0.2, -0.15) is 0 Å². The topological polar surface area (TPSA) is 61.5 Å². The summed E-state index contributed by atoms with van der Waals surface area (Å²) in [5, 5.41) is 0. The SMILES string of the molecule is COP(=O)(OC)Sc1cc(C)c(N)c(C(C)(C)C)c1. The predicted octanol–water partition coefficient (Wildman–Crippen LogP) is 4.37. The highest BCUT2D eigenvalue weighted by Crippen LogP contribution is 2.62. The van der Waals surface area contributed by atoms with Crippen molar-refractivity contribution in [1.82, 2.24) is 0 Å². The fourth-order valence-corrected chi connectivity index (χ4v) is 4.21. The minimum absolute atomic E-state index is 0.0739. The molecule has 0 heterocycles. The van der Waals surface area contributed by atoms with Crippen LogP contribution in [-0.2, 0) is 19.0 Å². The van der Waals surface area contributed by atoms with Gasteiger partial charge in [-0.05, 0) is 47.0 Å². The molecule has 19 heavy (non-hydrogen) atoms. The molecule has 2 N–H and O–H groups in total. The van der Waals surface area contributed by atoms with Crippen molar-refractivity contribution in [3.05, 3.63) is 23.3 Å². The summed E-state index contributed by atoms with van der Waals surface area (Å²) in [6.07, 6.45) is 0. The van der Waals surface area contributed by atoms with E-state index in [9.17, 15) is 4.57 Å². The van der Waals surface area contributed by atoms with Crippen LogP contribution in [0, 0.1) is 6.92 Å². The van der Waals surface area contributed by atoms with E-state index in [2.05, 4.69) is 20.8 Å². The Morgan fingerprint density at radius 3 is 2.16 bits per heavy atom. The van der Waals surface area contributed by atoms with E-state index in [1.54, 1.807) is 0 Å². The number of benzene rings is 1. The van der Waals surface area contributed by atoms with Gasteiger partial charge < -0.3 is 14.8 Å². The maximum absolute atomic E-state index is 12.2. The van der Waals surface area contributed by atoms with E-state index in [4.69, 9.17) is 14.8 Å². The maximum Gasteiger partial charge on any atom is 0.393 e. The molecule has 0 aliphatic rings. The minimum Gasteiger partial charge on any atom is -0.398 e. The summed E-state index contributed by atoms with van der Waals surface area (Å²) in [6, 6.07) is 3.86. The lowest BCUT2D eigenvalue weighted by atomic mass is 9.85. The lowest BCUT2D eigenvalue weighted by Gasteiger charge is -2.24. The summed E-state index contributed by atoms with van der Waals surface area (Å²) in [5.41, 5.74) is 8.83. The van der Waals surface area contributed by atoms with E-state index < -0.39 is 6.80 Å². The van der Waals surface area contributed by atoms with Crippen molar-refractivity contribution in [2.24, 2.45) is 0 Å².